The first kappa shape index (κ1) is 15.8. The Bertz CT molecular complexity index is 980. The molecule has 7 heteroatoms. The minimum atomic E-state index is -0.113. The summed E-state index contributed by atoms with van der Waals surface area (Å²) in [6, 6.07) is 11.5. The van der Waals surface area contributed by atoms with Crippen LogP contribution >= 0.6 is 15.9 Å². The molecule has 4 rings (SSSR count). The van der Waals surface area contributed by atoms with Gasteiger partial charge in [0, 0.05) is 39.6 Å². The lowest BCUT2D eigenvalue weighted by Crippen LogP contribution is -2.31. The molecule has 0 fully saturated rings. The van der Waals surface area contributed by atoms with E-state index < -0.39 is 0 Å². The molecular weight excluding hydrogens is 382 g/mol. The van der Waals surface area contributed by atoms with Gasteiger partial charge in [0.1, 0.15) is 11.5 Å². The van der Waals surface area contributed by atoms with E-state index in [0.29, 0.717) is 17.9 Å². The van der Waals surface area contributed by atoms with Crippen LogP contribution in [-0.4, -0.2) is 27.6 Å². The summed E-state index contributed by atoms with van der Waals surface area (Å²) >= 11 is 3.51. The number of nitrogens with one attached hydrogen (secondary N) is 3. The van der Waals surface area contributed by atoms with E-state index in [1.165, 1.54) is 0 Å². The topological polar surface area (TPSA) is 82.2 Å². The Morgan fingerprint density at radius 1 is 1.32 bits per heavy atom. The van der Waals surface area contributed by atoms with E-state index in [2.05, 4.69) is 41.7 Å². The molecule has 1 aliphatic heterocycles. The van der Waals surface area contributed by atoms with Crippen molar-refractivity contribution >= 4 is 44.3 Å². The van der Waals surface area contributed by atoms with Gasteiger partial charge in [-0.2, -0.15) is 5.10 Å². The Kier molecular flexibility index (Phi) is 4.01. The van der Waals surface area contributed by atoms with E-state index in [1.54, 1.807) is 6.20 Å². The number of hydrazone groups is 1. The average Bonchev–Trinajstić information content (AvgIpc) is 2.92. The van der Waals surface area contributed by atoms with Crippen molar-refractivity contribution in [3.63, 3.8) is 0 Å². The lowest BCUT2D eigenvalue weighted by molar-refractivity contribution is 0.0939. The molecule has 0 saturated carbocycles. The van der Waals surface area contributed by atoms with Gasteiger partial charge in [-0.15, -0.1) is 0 Å². The highest BCUT2D eigenvalue weighted by molar-refractivity contribution is 9.10. The number of H-pyrrole nitrogens is 1. The number of carbonyl (C=O) groups is 1. The van der Waals surface area contributed by atoms with Crippen molar-refractivity contribution in [2.75, 3.05) is 5.43 Å². The van der Waals surface area contributed by atoms with E-state index >= 15 is 0 Å². The quantitative estimate of drug-likeness (QED) is 0.577. The highest BCUT2D eigenvalue weighted by Crippen LogP contribution is 2.29. The standard InChI is InChI=1S/C18H16BrN5O/c1-10-8-14(23-24-15-4-2-3-7-20-15)16-12-9-11(19)5-6-13(12)22-17(16)18(25)21-10/h2-7,9-10,22H,8H2,1H3,(H,20,24)(H,21,25)/b23-14+. The summed E-state index contributed by atoms with van der Waals surface area (Å²) in [6.07, 6.45) is 2.33. The second kappa shape index (κ2) is 6.33. The number of hydrogen-bond donors (Lipinski definition) is 3. The number of nitrogens with zero attached hydrogens (tertiary/aromatic N) is 2. The molecule has 0 saturated heterocycles. The zero-order valence-electron chi connectivity index (χ0n) is 13.5. The predicted molar refractivity (Wildman–Crippen MR) is 102 cm³/mol. The van der Waals surface area contributed by atoms with Gasteiger partial charge >= 0.3 is 0 Å². The first-order valence-electron chi connectivity index (χ1n) is 7.98. The summed E-state index contributed by atoms with van der Waals surface area (Å²) in [4.78, 5) is 20.0. The van der Waals surface area contributed by atoms with E-state index in [0.717, 1.165) is 26.7 Å². The molecule has 1 aromatic carbocycles. The summed E-state index contributed by atoms with van der Waals surface area (Å²) in [6.45, 7) is 1.97. The summed E-state index contributed by atoms with van der Waals surface area (Å²) < 4.78 is 0.955. The number of benzene rings is 1. The second-order valence-electron chi connectivity index (χ2n) is 6.03. The molecule has 126 valence electrons. The molecule has 1 unspecified atom stereocenters. The summed E-state index contributed by atoms with van der Waals surface area (Å²) in [5.74, 6) is 0.548. The fourth-order valence-corrected chi connectivity index (χ4v) is 3.39. The maximum atomic E-state index is 12.5. The monoisotopic (exact) mass is 397 g/mol. The van der Waals surface area contributed by atoms with Crippen molar-refractivity contribution < 1.29 is 4.79 Å². The largest absolute Gasteiger partial charge is 0.350 e. The number of hydrogen-bond acceptors (Lipinski definition) is 4. The van der Waals surface area contributed by atoms with Crippen molar-refractivity contribution in [1.82, 2.24) is 15.3 Å². The van der Waals surface area contributed by atoms with Crippen LogP contribution < -0.4 is 10.7 Å². The molecule has 25 heavy (non-hydrogen) atoms. The van der Waals surface area contributed by atoms with Gasteiger partial charge in [-0.25, -0.2) is 4.98 Å². The summed E-state index contributed by atoms with van der Waals surface area (Å²) in [7, 11) is 0. The van der Waals surface area contributed by atoms with Gasteiger partial charge in [0.05, 0.1) is 5.71 Å². The van der Waals surface area contributed by atoms with Crippen LogP contribution in [0.1, 0.15) is 29.4 Å². The summed E-state index contributed by atoms with van der Waals surface area (Å²) in [5.41, 5.74) is 6.10. The third kappa shape index (κ3) is 3.02. The molecule has 0 aliphatic carbocycles. The molecule has 0 spiro atoms. The van der Waals surface area contributed by atoms with E-state index in [1.807, 2.05) is 43.3 Å². The van der Waals surface area contributed by atoms with Gasteiger partial charge in [0.2, 0.25) is 0 Å². The number of aromatic nitrogens is 2. The molecule has 2 aromatic heterocycles. The van der Waals surface area contributed by atoms with E-state index in [-0.39, 0.29) is 11.9 Å². The van der Waals surface area contributed by atoms with Crippen LogP contribution in [0.15, 0.2) is 52.2 Å². The van der Waals surface area contributed by atoms with Crippen molar-refractivity contribution in [2.45, 2.75) is 19.4 Å². The number of aromatic amines is 1. The SMILES string of the molecule is CC1C/C(=N\Nc2ccccn2)c2c([nH]c3ccc(Br)cc23)C(=O)N1. The van der Waals surface area contributed by atoms with Crippen LogP contribution in [0.25, 0.3) is 10.9 Å². The van der Waals surface area contributed by atoms with Crippen molar-refractivity contribution in [1.29, 1.82) is 0 Å². The van der Waals surface area contributed by atoms with Crippen LogP contribution in [0.3, 0.4) is 0 Å². The van der Waals surface area contributed by atoms with Gasteiger partial charge in [-0.05, 0) is 37.3 Å². The normalized spacial score (nSPS) is 18.7. The maximum Gasteiger partial charge on any atom is 0.268 e. The number of fused-ring (bicyclic) bond motifs is 3. The molecule has 0 radical (unpaired) electrons. The number of halogens is 1. The zero-order chi connectivity index (χ0) is 17.4. The number of anilines is 1. The first-order valence-corrected chi connectivity index (χ1v) is 8.77. The zero-order valence-corrected chi connectivity index (χ0v) is 15.1. The first-order chi connectivity index (χ1) is 12.1. The summed E-state index contributed by atoms with van der Waals surface area (Å²) in [5, 5.41) is 8.53. The number of carbonyl (C=O) groups excluding carboxylic acids is 1. The fraction of sp³-hybridized carbons (Fsp3) is 0.167. The lowest BCUT2D eigenvalue weighted by atomic mass is 10.0. The average molecular weight is 398 g/mol. The predicted octanol–water partition coefficient (Wildman–Crippen LogP) is 3.66. The third-order valence-electron chi connectivity index (χ3n) is 4.12. The second-order valence-corrected chi connectivity index (χ2v) is 6.94. The highest BCUT2D eigenvalue weighted by atomic mass is 79.9. The number of pyridine rings is 1. The van der Waals surface area contributed by atoms with Crippen LogP contribution in [0.5, 0.6) is 0 Å². The Hall–Kier alpha value is -2.67. The smallest absolute Gasteiger partial charge is 0.268 e. The van der Waals surface area contributed by atoms with Gasteiger partial charge in [0.25, 0.3) is 5.91 Å². The van der Waals surface area contributed by atoms with Crippen LogP contribution in [0, 0.1) is 0 Å². The molecule has 3 heterocycles. The van der Waals surface area contributed by atoms with Crippen LogP contribution in [0.4, 0.5) is 5.82 Å². The maximum absolute atomic E-state index is 12.5. The number of rotatable bonds is 2. The number of amides is 1. The molecule has 1 amide bonds. The Balaban J connectivity index is 1.86. The Morgan fingerprint density at radius 2 is 2.20 bits per heavy atom. The van der Waals surface area contributed by atoms with Gasteiger partial charge < -0.3 is 10.3 Å². The molecule has 3 N–H and O–H groups in total. The molecule has 6 nitrogen and oxygen atoms in total. The van der Waals surface area contributed by atoms with Gasteiger partial charge in [-0.1, -0.05) is 22.0 Å². The van der Waals surface area contributed by atoms with Gasteiger partial charge in [0.15, 0.2) is 0 Å². The molecule has 3 aromatic rings. The molecular formula is C18H16BrN5O. The fourth-order valence-electron chi connectivity index (χ4n) is 3.03. The van der Waals surface area contributed by atoms with E-state index in [9.17, 15) is 4.79 Å². The minimum absolute atomic E-state index is 0.0141. The highest BCUT2D eigenvalue weighted by Gasteiger charge is 2.27. The molecule has 1 atom stereocenters. The van der Waals surface area contributed by atoms with Crippen molar-refractivity contribution in [2.24, 2.45) is 5.10 Å². The molecule has 0 bridgehead atoms. The molecule has 1 aliphatic rings. The van der Waals surface area contributed by atoms with Crippen molar-refractivity contribution in [3.05, 3.63) is 58.3 Å². The third-order valence-corrected chi connectivity index (χ3v) is 4.62. The van der Waals surface area contributed by atoms with Gasteiger partial charge in [-0.3, -0.25) is 10.2 Å². The Labute approximate surface area is 152 Å². The lowest BCUT2D eigenvalue weighted by Gasteiger charge is -2.10. The Morgan fingerprint density at radius 3 is 3.00 bits per heavy atom. The van der Waals surface area contributed by atoms with E-state index in [4.69, 9.17) is 0 Å². The van der Waals surface area contributed by atoms with Crippen LogP contribution in [-0.2, 0) is 0 Å². The minimum Gasteiger partial charge on any atom is -0.350 e. The van der Waals surface area contributed by atoms with Crippen molar-refractivity contribution in [3.8, 4) is 0 Å². The van der Waals surface area contributed by atoms with Crippen LogP contribution in [0.2, 0.25) is 0 Å².